The third kappa shape index (κ3) is 3.82. The van der Waals surface area contributed by atoms with Crippen molar-refractivity contribution < 1.29 is 4.79 Å². The summed E-state index contributed by atoms with van der Waals surface area (Å²) in [5, 5.41) is 8.19. The van der Waals surface area contributed by atoms with E-state index in [1.807, 2.05) is 48.5 Å². The van der Waals surface area contributed by atoms with Crippen LogP contribution in [-0.4, -0.2) is 30.6 Å². The van der Waals surface area contributed by atoms with Crippen molar-refractivity contribution in [3.63, 3.8) is 0 Å². The number of aryl methyl sites for hydroxylation is 1. The molecule has 6 rings (SSSR count). The standard InChI is InChI=1S/C25H22N6OS/c32-24(17-11-9-16(10-12-17)13-31-15-26-14-27-31)30-25-22(18-5-1-4-8-21(18)33-25)23-28-19-6-2-3-7-20(19)29-23/h2-3,6-7,9-12,14-15H,1,4-5,8,13H2,(H,28,29)(H,30,32). The molecule has 1 aliphatic rings. The second kappa shape index (κ2) is 8.29. The van der Waals surface area contributed by atoms with Gasteiger partial charge in [0.2, 0.25) is 0 Å². The molecule has 3 aromatic heterocycles. The lowest BCUT2D eigenvalue weighted by atomic mass is 9.95. The number of carbonyl (C=O) groups excluding carboxylic acids is 1. The molecule has 0 fully saturated rings. The molecule has 0 saturated carbocycles. The van der Waals surface area contributed by atoms with Crippen molar-refractivity contribution in [2.45, 2.75) is 32.2 Å². The van der Waals surface area contributed by atoms with Crippen LogP contribution in [0.15, 0.2) is 61.2 Å². The fourth-order valence-electron chi connectivity index (χ4n) is 4.41. The molecule has 8 heteroatoms. The molecule has 0 aliphatic heterocycles. The highest BCUT2D eigenvalue weighted by Crippen LogP contribution is 2.43. The summed E-state index contributed by atoms with van der Waals surface area (Å²) in [4.78, 5) is 26.8. The first-order chi connectivity index (χ1) is 16.2. The Kier molecular flexibility index (Phi) is 4.99. The SMILES string of the molecule is O=C(Nc1sc2c(c1-c1nc3ccccc3[nH]1)CCCC2)c1ccc(Cn2cncn2)cc1. The minimum absolute atomic E-state index is 0.113. The minimum Gasteiger partial charge on any atom is -0.338 e. The zero-order valence-electron chi connectivity index (χ0n) is 17.9. The molecule has 5 aromatic rings. The summed E-state index contributed by atoms with van der Waals surface area (Å²) in [6.07, 6.45) is 7.62. The molecule has 0 bridgehead atoms. The fraction of sp³-hybridized carbons (Fsp3) is 0.200. The predicted octanol–water partition coefficient (Wildman–Crippen LogP) is 5.06. The smallest absolute Gasteiger partial charge is 0.256 e. The summed E-state index contributed by atoms with van der Waals surface area (Å²) in [7, 11) is 0. The van der Waals surface area contributed by atoms with E-state index in [0.717, 1.165) is 52.2 Å². The molecule has 2 N–H and O–H groups in total. The van der Waals surface area contributed by atoms with E-state index >= 15 is 0 Å². The molecule has 0 unspecified atom stereocenters. The molecule has 0 spiro atoms. The van der Waals surface area contributed by atoms with Gasteiger partial charge in [0.25, 0.3) is 5.91 Å². The second-order valence-electron chi connectivity index (χ2n) is 8.26. The highest BCUT2D eigenvalue weighted by Gasteiger charge is 2.25. The average molecular weight is 455 g/mol. The third-order valence-electron chi connectivity index (χ3n) is 6.05. The Bertz CT molecular complexity index is 1400. The van der Waals surface area contributed by atoms with E-state index in [9.17, 15) is 4.79 Å². The second-order valence-corrected chi connectivity index (χ2v) is 9.37. The van der Waals surface area contributed by atoms with Crippen LogP contribution >= 0.6 is 11.3 Å². The Hall–Kier alpha value is -3.78. The number of rotatable bonds is 5. The van der Waals surface area contributed by atoms with Gasteiger partial charge in [0, 0.05) is 10.4 Å². The number of nitrogens with one attached hydrogen (secondary N) is 2. The Labute approximate surface area is 194 Å². The Morgan fingerprint density at radius 2 is 1.94 bits per heavy atom. The number of nitrogens with zero attached hydrogens (tertiary/aromatic N) is 4. The summed E-state index contributed by atoms with van der Waals surface area (Å²) in [5.74, 6) is 0.715. The number of aromatic nitrogens is 5. The number of H-pyrrole nitrogens is 1. The number of imidazole rings is 1. The number of benzene rings is 2. The number of aromatic amines is 1. The van der Waals surface area contributed by atoms with Crippen molar-refractivity contribution in [3.05, 3.63) is 82.8 Å². The first kappa shape index (κ1) is 19.9. The number of fused-ring (bicyclic) bond motifs is 2. The highest BCUT2D eigenvalue weighted by atomic mass is 32.1. The molecule has 3 heterocycles. The van der Waals surface area contributed by atoms with Crippen LogP contribution in [0.1, 0.15) is 39.2 Å². The number of para-hydroxylation sites is 2. The number of anilines is 1. The average Bonchev–Trinajstić information content (AvgIpc) is 3.57. The van der Waals surface area contributed by atoms with E-state index in [2.05, 4.69) is 20.4 Å². The molecular weight excluding hydrogens is 432 g/mol. The number of hydrogen-bond donors (Lipinski definition) is 2. The van der Waals surface area contributed by atoms with Crippen molar-refractivity contribution in [2.24, 2.45) is 0 Å². The number of amides is 1. The molecule has 0 atom stereocenters. The van der Waals surface area contributed by atoms with Crippen LogP contribution in [0.25, 0.3) is 22.4 Å². The van der Waals surface area contributed by atoms with Gasteiger partial charge < -0.3 is 10.3 Å². The highest BCUT2D eigenvalue weighted by molar-refractivity contribution is 7.17. The van der Waals surface area contributed by atoms with E-state index in [1.165, 1.54) is 23.2 Å². The topological polar surface area (TPSA) is 88.5 Å². The minimum atomic E-state index is -0.113. The van der Waals surface area contributed by atoms with Gasteiger partial charge in [-0.05, 0) is 61.1 Å². The molecule has 1 aliphatic carbocycles. The molecule has 0 saturated heterocycles. The van der Waals surface area contributed by atoms with Crippen molar-refractivity contribution in [3.8, 4) is 11.4 Å². The summed E-state index contributed by atoms with van der Waals surface area (Å²) in [6, 6.07) is 15.7. The number of carbonyl (C=O) groups is 1. The Morgan fingerprint density at radius 1 is 1.09 bits per heavy atom. The van der Waals surface area contributed by atoms with Gasteiger partial charge in [-0.1, -0.05) is 24.3 Å². The van der Waals surface area contributed by atoms with E-state index in [4.69, 9.17) is 4.98 Å². The first-order valence-corrected chi connectivity index (χ1v) is 11.9. The van der Waals surface area contributed by atoms with E-state index < -0.39 is 0 Å². The predicted molar refractivity (Wildman–Crippen MR) is 130 cm³/mol. The van der Waals surface area contributed by atoms with Crippen molar-refractivity contribution in [2.75, 3.05) is 5.32 Å². The molecule has 164 valence electrons. The Morgan fingerprint density at radius 3 is 2.76 bits per heavy atom. The molecule has 7 nitrogen and oxygen atoms in total. The summed E-state index contributed by atoms with van der Waals surface area (Å²) in [6.45, 7) is 0.621. The zero-order chi connectivity index (χ0) is 22.2. The van der Waals surface area contributed by atoms with E-state index in [1.54, 1.807) is 22.3 Å². The first-order valence-electron chi connectivity index (χ1n) is 11.1. The normalized spacial score (nSPS) is 13.2. The molecule has 2 aromatic carbocycles. The van der Waals surface area contributed by atoms with Crippen LogP contribution in [0.5, 0.6) is 0 Å². The lowest BCUT2D eigenvalue weighted by molar-refractivity contribution is 0.102. The molecule has 0 radical (unpaired) electrons. The van der Waals surface area contributed by atoms with Crippen LogP contribution in [-0.2, 0) is 19.4 Å². The maximum absolute atomic E-state index is 13.1. The van der Waals surface area contributed by atoms with Crippen LogP contribution in [0.2, 0.25) is 0 Å². The lowest BCUT2D eigenvalue weighted by Crippen LogP contribution is -2.12. The third-order valence-corrected chi connectivity index (χ3v) is 7.26. The summed E-state index contributed by atoms with van der Waals surface area (Å²) < 4.78 is 1.75. The van der Waals surface area contributed by atoms with Gasteiger partial charge in [0.05, 0.1) is 23.1 Å². The quantitative estimate of drug-likeness (QED) is 0.388. The van der Waals surface area contributed by atoms with Gasteiger partial charge in [0.1, 0.15) is 23.5 Å². The largest absolute Gasteiger partial charge is 0.338 e. The molecular formula is C25H22N6OS. The van der Waals surface area contributed by atoms with Crippen LogP contribution in [0, 0.1) is 0 Å². The van der Waals surface area contributed by atoms with E-state index in [0.29, 0.717) is 12.1 Å². The van der Waals surface area contributed by atoms with Gasteiger partial charge in [-0.2, -0.15) is 5.10 Å². The van der Waals surface area contributed by atoms with Crippen molar-refractivity contribution in [1.29, 1.82) is 0 Å². The van der Waals surface area contributed by atoms with Crippen LogP contribution in [0.4, 0.5) is 5.00 Å². The number of hydrogen-bond acceptors (Lipinski definition) is 5. The van der Waals surface area contributed by atoms with Gasteiger partial charge in [0.15, 0.2) is 0 Å². The van der Waals surface area contributed by atoms with Gasteiger partial charge in [-0.3, -0.25) is 4.79 Å². The number of thiophene rings is 1. The zero-order valence-corrected chi connectivity index (χ0v) is 18.7. The monoisotopic (exact) mass is 454 g/mol. The van der Waals surface area contributed by atoms with E-state index in [-0.39, 0.29) is 5.91 Å². The van der Waals surface area contributed by atoms with Gasteiger partial charge >= 0.3 is 0 Å². The molecule has 1 amide bonds. The molecule has 33 heavy (non-hydrogen) atoms. The van der Waals surface area contributed by atoms with Crippen LogP contribution in [0.3, 0.4) is 0 Å². The van der Waals surface area contributed by atoms with Gasteiger partial charge in [-0.15, -0.1) is 11.3 Å². The fourth-order valence-corrected chi connectivity index (χ4v) is 5.70. The lowest BCUT2D eigenvalue weighted by Gasteiger charge is -2.12. The summed E-state index contributed by atoms with van der Waals surface area (Å²) in [5.41, 5.74) is 5.99. The van der Waals surface area contributed by atoms with Crippen LogP contribution < -0.4 is 5.32 Å². The van der Waals surface area contributed by atoms with Crippen molar-refractivity contribution >= 4 is 33.3 Å². The Balaban J connectivity index is 1.31. The maximum Gasteiger partial charge on any atom is 0.256 e. The summed E-state index contributed by atoms with van der Waals surface area (Å²) >= 11 is 1.69. The van der Waals surface area contributed by atoms with Gasteiger partial charge in [-0.25, -0.2) is 14.6 Å². The maximum atomic E-state index is 13.1. The van der Waals surface area contributed by atoms with Crippen molar-refractivity contribution in [1.82, 2.24) is 24.7 Å².